The fourth-order valence-corrected chi connectivity index (χ4v) is 3.46. The Morgan fingerprint density at radius 1 is 1.17 bits per heavy atom. The van der Waals surface area contributed by atoms with E-state index in [-0.39, 0.29) is 17.4 Å². The second-order valence-corrected chi connectivity index (χ2v) is 7.51. The lowest BCUT2D eigenvalue weighted by Crippen LogP contribution is -2.44. The van der Waals surface area contributed by atoms with Crippen LogP contribution < -0.4 is 10.2 Å². The maximum Gasteiger partial charge on any atom is 0.267 e. The van der Waals surface area contributed by atoms with Crippen LogP contribution in [0.3, 0.4) is 0 Å². The van der Waals surface area contributed by atoms with Crippen molar-refractivity contribution in [2.75, 3.05) is 36.4 Å². The summed E-state index contributed by atoms with van der Waals surface area (Å²) in [6, 6.07) is 13.9. The third-order valence-corrected chi connectivity index (χ3v) is 5.13. The monoisotopic (exact) mass is 389 g/mol. The standard InChI is InChI=1S/C23H27N5O/c1-17(2)20-8-6-7-18(3)22(20)26-23(29)19(15-24)16-27-11-13-28(14-12-27)21-9-4-5-10-25-21/h4-10,16-17H,11-14H2,1-3H3,(H,26,29)/b19-16-. The molecule has 1 amide bonds. The van der Waals surface area contributed by atoms with Crippen molar-refractivity contribution in [2.24, 2.45) is 0 Å². The van der Waals surface area contributed by atoms with Crippen LogP contribution in [0.25, 0.3) is 0 Å². The van der Waals surface area contributed by atoms with Crippen molar-refractivity contribution < 1.29 is 4.79 Å². The molecule has 0 saturated carbocycles. The highest BCUT2D eigenvalue weighted by Crippen LogP contribution is 2.27. The van der Waals surface area contributed by atoms with E-state index in [0.29, 0.717) is 0 Å². The van der Waals surface area contributed by atoms with Gasteiger partial charge in [-0.25, -0.2) is 4.98 Å². The Bertz CT molecular complexity index is 922. The smallest absolute Gasteiger partial charge is 0.267 e. The normalized spacial score (nSPS) is 14.7. The molecular weight excluding hydrogens is 362 g/mol. The van der Waals surface area contributed by atoms with Gasteiger partial charge in [0.25, 0.3) is 5.91 Å². The zero-order valence-electron chi connectivity index (χ0n) is 17.2. The average Bonchev–Trinajstić information content (AvgIpc) is 2.74. The molecule has 29 heavy (non-hydrogen) atoms. The lowest BCUT2D eigenvalue weighted by molar-refractivity contribution is -0.112. The summed E-state index contributed by atoms with van der Waals surface area (Å²) in [5.74, 6) is 0.866. The van der Waals surface area contributed by atoms with E-state index in [4.69, 9.17) is 0 Å². The van der Waals surface area contributed by atoms with Gasteiger partial charge < -0.3 is 15.1 Å². The van der Waals surface area contributed by atoms with Crippen molar-refractivity contribution in [3.05, 3.63) is 65.5 Å². The second kappa shape index (κ2) is 9.24. The number of rotatable bonds is 5. The predicted octanol–water partition coefficient (Wildman–Crippen LogP) is 3.68. The third kappa shape index (κ3) is 4.94. The second-order valence-electron chi connectivity index (χ2n) is 7.51. The molecule has 1 aliphatic heterocycles. The Morgan fingerprint density at radius 2 is 1.93 bits per heavy atom. The number of amides is 1. The molecule has 2 aromatic rings. The summed E-state index contributed by atoms with van der Waals surface area (Å²) in [6.07, 6.45) is 3.47. The first-order valence-electron chi connectivity index (χ1n) is 9.92. The van der Waals surface area contributed by atoms with E-state index < -0.39 is 0 Å². The quantitative estimate of drug-likeness (QED) is 0.624. The Morgan fingerprint density at radius 3 is 2.55 bits per heavy atom. The molecule has 6 nitrogen and oxygen atoms in total. The number of nitriles is 1. The highest BCUT2D eigenvalue weighted by atomic mass is 16.1. The van der Waals surface area contributed by atoms with Gasteiger partial charge >= 0.3 is 0 Å². The number of carbonyl (C=O) groups excluding carboxylic acids is 1. The van der Waals surface area contributed by atoms with Gasteiger partial charge in [-0.05, 0) is 36.1 Å². The molecule has 1 aliphatic rings. The van der Waals surface area contributed by atoms with Crippen LogP contribution in [0.4, 0.5) is 11.5 Å². The fourth-order valence-electron chi connectivity index (χ4n) is 3.46. The van der Waals surface area contributed by atoms with Crippen LogP contribution in [-0.2, 0) is 4.79 Å². The number of pyridine rings is 1. The number of benzene rings is 1. The van der Waals surface area contributed by atoms with E-state index >= 15 is 0 Å². The minimum absolute atomic E-state index is 0.120. The maximum absolute atomic E-state index is 12.8. The van der Waals surface area contributed by atoms with Crippen LogP contribution in [0, 0.1) is 18.3 Å². The van der Waals surface area contributed by atoms with Crippen molar-refractivity contribution in [3.8, 4) is 6.07 Å². The number of hydrogen-bond acceptors (Lipinski definition) is 5. The predicted molar refractivity (Wildman–Crippen MR) is 116 cm³/mol. The maximum atomic E-state index is 12.8. The zero-order valence-corrected chi connectivity index (χ0v) is 17.2. The van der Waals surface area contributed by atoms with Crippen LogP contribution in [0.15, 0.2) is 54.4 Å². The van der Waals surface area contributed by atoms with E-state index in [1.165, 1.54) is 0 Å². The molecule has 0 aliphatic carbocycles. The zero-order chi connectivity index (χ0) is 20.8. The van der Waals surface area contributed by atoms with E-state index in [0.717, 1.165) is 48.8 Å². The first-order chi connectivity index (χ1) is 14.0. The molecule has 1 saturated heterocycles. The first-order valence-corrected chi connectivity index (χ1v) is 9.92. The third-order valence-electron chi connectivity index (χ3n) is 5.13. The van der Waals surface area contributed by atoms with Gasteiger partial charge in [-0.1, -0.05) is 38.1 Å². The number of nitrogens with zero attached hydrogens (tertiary/aromatic N) is 4. The summed E-state index contributed by atoms with van der Waals surface area (Å²) in [6.45, 7) is 9.20. The summed E-state index contributed by atoms with van der Waals surface area (Å²) in [7, 11) is 0. The van der Waals surface area contributed by atoms with Gasteiger partial charge in [-0.3, -0.25) is 4.79 Å². The average molecular weight is 390 g/mol. The molecule has 0 spiro atoms. The lowest BCUT2D eigenvalue weighted by Gasteiger charge is -2.34. The van der Waals surface area contributed by atoms with Gasteiger partial charge in [0.1, 0.15) is 17.5 Å². The molecule has 0 unspecified atom stereocenters. The van der Waals surface area contributed by atoms with Crippen LogP contribution in [-0.4, -0.2) is 42.0 Å². The molecule has 2 heterocycles. The number of hydrogen-bond donors (Lipinski definition) is 1. The molecule has 0 radical (unpaired) electrons. The summed E-state index contributed by atoms with van der Waals surface area (Å²) in [5, 5.41) is 12.5. The number of carbonyl (C=O) groups is 1. The van der Waals surface area contributed by atoms with Crippen LogP contribution >= 0.6 is 0 Å². The Kier molecular flexibility index (Phi) is 6.50. The number of anilines is 2. The molecule has 1 N–H and O–H groups in total. The Hall–Kier alpha value is -3.33. The van der Waals surface area contributed by atoms with E-state index in [1.54, 1.807) is 12.4 Å². The first kappa shape index (κ1) is 20.4. The Balaban J connectivity index is 1.68. The van der Waals surface area contributed by atoms with Crippen molar-refractivity contribution in [1.29, 1.82) is 5.26 Å². The molecule has 150 valence electrons. The number of nitrogens with one attached hydrogen (secondary N) is 1. The van der Waals surface area contributed by atoms with E-state index in [9.17, 15) is 10.1 Å². The SMILES string of the molecule is Cc1cccc(C(C)C)c1NC(=O)/C(C#N)=C\N1CCN(c2ccccn2)CC1. The molecule has 1 aromatic heterocycles. The van der Waals surface area contributed by atoms with Crippen LogP contribution in [0.1, 0.15) is 30.9 Å². The van der Waals surface area contributed by atoms with Crippen LogP contribution in [0.5, 0.6) is 0 Å². The summed E-state index contributed by atoms with van der Waals surface area (Å²) in [4.78, 5) is 21.4. The van der Waals surface area contributed by atoms with Gasteiger partial charge in [-0.15, -0.1) is 0 Å². The van der Waals surface area contributed by atoms with Crippen molar-refractivity contribution >= 4 is 17.4 Å². The Labute approximate surface area is 172 Å². The van der Waals surface area contributed by atoms with Gasteiger partial charge in [0.2, 0.25) is 0 Å². The molecular formula is C23H27N5O. The number of aryl methyl sites for hydroxylation is 1. The van der Waals surface area contributed by atoms with Crippen molar-refractivity contribution in [1.82, 2.24) is 9.88 Å². The van der Waals surface area contributed by atoms with Gasteiger partial charge in [0.05, 0.1) is 0 Å². The summed E-state index contributed by atoms with van der Waals surface area (Å²) >= 11 is 0. The number of piperazine rings is 1. The van der Waals surface area contributed by atoms with Crippen molar-refractivity contribution in [3.63, 3.8) is 0 Å². The molecule has 3 rings (SSSR count). The fraction of sp³-hybridized carbons (Fsp3) is 0.348. The van der Waals surface area contributed by atoms with Gasteiger partial charge in [0, 0.05) is 44.3 Å². The lowest BCUT2D eigenvalue weighted by atomic mass is 9.98. The van der Waals surface area contributed by atoms with Gasteiger partial charge in [0.15, 0.2) is 0 Å². The molecule has 1 fully saturated rings. The van der Waals surface area contributed by atoms with Gasteiger partial charge in [-0.2, -0.15) is 5.26 Å². The number of para-hydroxylation sites is 1. The van der Waals surface area contributed by atoms with E-state index in [1.807, 2.05) is 48.2 Å². The van der Waals surface area contributed by atoms with E-state index in [2.05, 4.69) is 35.1 Å². The topological polar surface area (TPSA) is 72.3 Å². The minimum atomic E-state index is -0.365. The van der Waals surface area contributed by atoms with Crippen LogP contribution in [0.2, 0.25) is 0 Å². The highest BCUT2D eigenvalue weighted by Gasteiger charge is 2.19. The summed E-state index contributed by atoms with van der Waals surface area (Å²) < 4.78 is 0. The largest absolute Gasteiger partial charge is 0.373 e. The van der Waals surface area contributed by atoms with Crippen molar-refractivity contribution in [2.45, 2.75) is 26.7 Å². The molecule has 6 heteroatoms. The molecule has 0 bridgehead atoms. The number of aromatic nitrogens is 1. The minimum Gasteiger partial charge on any atom is -0.373 e. The highest BCUT2D eigenvalue weighted by molar-refractivity contribution is 6.07. The summed E-state index contributed by atoms with van der Waals surface area (Å²) in [5.41, 5.74) is 2.98. The molecule has 1 aromatic carbocycles. The molecule has 0 atom stereocenters.